The van der Waals surface area contributed by atoms with E-state index in [9.17, 15) is 4.79 Å². The number of carbonyl (C=O) groups is 1. The van der Waals surface area contributed by atoms with Gasteiger partial charge in [-0.2, -0.15) is 0 Å². The van der Waals surface area contributed by atoms with Crippen LogP contribution in [-0.4, -0.2) is 36.0 Å². The van der Waals surface area contributed by atoms with Crippen molar-refractivity contribution < 1.29 is 4.79 Å². The van der Waals surface area contributed by atoms with Crippen LogP contribution >= 0.6 is 0 Å². The molecular weight excluding hydrogens is 224 g/mol. The molecule has 1 fully saturated rings. The van der Waals surface area contributed by atoms with Gasteiger partial charge >= 0.3 is 0 Å². The van der Waals surface area contributed by atoms with Gasteiger partial charge in [0, 0.05) is 5.54 Å². The highest BCUT2D eigenvalue weighted by atomic mass is 16.2. The van der Waals surface area contributed by atoms with Gasteiger partial charge in [-0.1, -0.05) is 27.2 Å². The van der Waals surface area contributed by atoms with Crippen molar-refractivity contribution in [3.63, 3.8) is 0 Å². The SMILES string of the molecule is CC(C)(C)CC(C)(C)NC(=O)CN1CCCCC1. The fourth-order valence-electron chi connectivity index (χ4n) is 3.11. The molecular formula is C15H30N2O. The second kappa shape index (κ2) is 6.05. The summed E-state index contributed by atoms with van der Waals surface area (Å²) in [6, 6.07) is 0. The quantitative estimate of drug-likeness (QED) is 0.836. The molecule has 1 aliphatic rings. The second-order valence-electron chi connectivity index (χ2n) is 7.51. The smallest absolute Gasteiger partial charge is 0.234 e. The maximum atomic E-state index is 12.1. The van der Waals surface area contributed by atoms with Gasteiger partial charge in [-0.05, 0) is 51.6 Å². The van der Waals surface area contributed by atoms with Gasteiger partial charge in [0.25, 0.3) is 0 Å². The zero-order valence-electron chi connectivity index (χ0n) is 12.8. The number of amides is 1. The molecule has 0 radical (unpaired) electrons. The van der Waals surface area contributed by atoms with Crippen LogP contribution in [-0.2, 0) is 4.79 Å². The van der Waals surface area contributed by atoms with Gasteiger partial charge in [-0.15, -0.1) is 0 Å². The van der Waals surface area contributed by atoms with Crippen LogP contribution in [0.1, 0.15) is 60.3 Å². The minimum Gasteiger partial charge on any atom is -0.350 e. The Bertz CT molecular complexity index is 273. The zero-order valence-corrected chi connectivity index (χ0v) is 12.8. The van der Waals surface area contributed by atoms with E-state index in [1.54, 1.807) is 0 Å². The van der Waals surface area contributed by atoms with Crippen molar-refractivity contribution in [2.24, 2.45) is 5.41 Å². The number of nitrogens with zero attached hydrogens (tertiary/aromatic N) is 1. The van der Waals surface area contributed by atoms with Crippen molar-refractivity contribution in [1.82, 2.24) is 10.2 Å². The number of likely N-dealkylation sites (tertiary alicyclic amines) is 1. The van der Waals surface area contributed by atoms with E-state index in [-0.39, 0.29) is 16.9 Å². The van der Waals surface area contributed by atoms with Crippen LogP contribution in [0.2, 0.25) is 0 Å². The number of piperidine rings is 1. The van der Waals surface area contributed by atoms with E-state index in [0.29, 0.717) is 6.54 Å². The number of carbonyl (C=O) groups excluding carboxylic acids is 1. The fraction of sp³-hybridized carbons (Fsp3) is 0.933. The van der Waals surface area contributed by atoms with Crippen molar-refractivity contribution in [1.29, 1.82) is 0 Å². The maximum absolute atomic E-state index is 12.1. The molecule has 0 spiro atoms. The third-order valence-electron chi connectivity index (χ3n) is 3.27. The first-order valence-corrected chi connectivity index (χ1v) is 7.21. The Labute approximate surface area is 112 Å². The van der Waals surface area contributed by atoms with Crippen LogP contribution in [0, 0.1) is 5.41 Å². The average Bonchev–Trinajstić information content (AvgIpc) is 2.13. The van der Waals surface area contributed by atoms with Crippen LogP contribution < -0.4 is 5.32 Å². The number of rotatable bonds is 4. The van der Waals surface area contributed by atoms with E-state index < -0.39 is 0 Å². The van der Waals surface area contributed by atoms with Gasteiger partial charge in [0.05, 0.1) is 6.54 Å². The maximum Gasteiger partial charge on any atom is 0.234 e. The highest BCUT2D eigenvalue weighted by molar-refractivity contribution is 5.78. The van der Waals surface area contributed by atoms with E-state index in [1.807, 2.05) is 0 Å². The zero-order chi connectivity index (χ0) is 13.8. The van der Waals surface area contributed by atoms with E-state index in [2.05, 4.69) is 44.8 Å². The summed E-state index contributed by atoms with van der Waals surface area (Å²) < 4.78 is 0. The molecule has 0 saturated carbocycles. The monoisotopic (exact) mass is 254 g/mol. The van der Waals surface area contributed by atoms with E-state index in [4.69, 9.17) is 0 Å². The standard InChI is InChI=1S/C15H30N2O/c1-14(2,3)12-15(4,5)16-13(18)11-17-9-7-6-8-10-17/h6-12H2,1-5H3,(H,16,18). The number of hydrogen-bond acceptors (Lipinski definition) is 2. The molecule has 3 nitrogen and oxygen atoms in total. The Hall–Kier alpha value is -0.570. The number of hydrogen-bond donors (Lipinski definition) is 1. The molecule has 0 aromatic heterocycles. The van der Waals surface area contributed by atoms with Crippen LogP contribution in [0.3, 0.4) is 0 Å². The first-order chi connectivity index (χ1) is 8.18. The molecule has 106 valence electrons. The summed E-state index contributed by atoms with van der Waals surface area (Å²) in [5.41, 5.74) is 0.118. The summed E-state index contributed by atoms with van der Waals surface area (Å²) in [4.78, 5) is 14.3. The lowest BCUT2D eigenvalue weighted by atomic mass is 9.82. The van der Waals surface area contributed by atoms with Crippen LogP contribution in [0.5, 0.6) is 0 Å². The predicted octanol–water partition coefficient (Wildman–Crippen LogP) is 2.80. The van der Waals surface area contributed by atoms with Crippen molar-refractivity contribution in [2.45, 2.75) is 65.8 Å². The summed E-state index contributed by atoms with van der Waals surface area (Å²) >= 11 is 0. The van der Waals surface area contributed by atoms with Crippen LogP contribution in [0.25, 0.3) is 0 Å². The lowest BCUT2D eigenvalue weighted by molar-refractivity contribution is -0.124. The summed E-state index contributed by atoms with van der Waals surface area (Å²) in [5, 5.41) is 3.18. The summed E-state index contributed by atoms with van der Waals surface area (Å²) in [5.74, 6) is 0.172. The molecule has 0 aliphatic carbocycles. The third-order valence-corrected chi connectivity index (χ3v) is 3.27. The first kappa shape index (κ1) is 15.5. The average molecular weight is 254 g/mol. The molecule has 0 bridgehead atoms. The van der Waals surface area contributed by atoms with Crippen LogP contribution in [0.4, 0.5) is 0 Å². The highest BCUT2D eigenvalue weighted by Gasteiger charge is 2.27. The molecule has 0 aromatic rings. The molecule has 0 aromatic carbocycles. The van der Waals surface area contributed by atoms with Gasteiger partial charge in [0.15, 0.2) is 0 Å². The molecule has 1 N–H and O–H groups in total. The Balaban J connectivity index is 2.38. The Kier molecular flexibility index (Phi) is 5.20. The van der Waals surface area contributed by atoms with Crippen LogP contribution in [0.15, 0.2) is 0 Å². The van der Waals surface area contributed by atoms with Crippen molar-refractivity contribution in [3.05, 3.63) is 0 Å². The topological polar surface area (TPSA) is 32.3 Å². The molecule has 0 atom stereocenters. The van der Waals surface area contributed by atoms with E-state index in [0.717, 1.165) is 19.5 Å². The van der Waals surface area contributed by atoms with Gasteiger partial charge < -0.3 is 5.32 Å². The summed E-state index contributed by atoms with van der Waals surface area (Å²) in [6.07, 6.45) is 4.77. The number of nitrogens with one attached hydrogen (secondary N) is 1. The second-order valence-corrected chi connectivity index (χ2v) is 7.51. The largest absolute Gasteiger partial charge is 0.350 e. The van der Waals surface area contributed by atoms with Gasteiger partial charge in [-0.25, -0.2) is 0 Å². The molecule has 1 rings (SSSR count). The lowest BCUT2D eigenvalue weighted by Crippen LogP contribution is -2.50. The van der Waals surface area contributed by atoms with E-state index in [1.165, 1.54) is 19.3 Å². The Morgan fingerprint density at radius 2 is 1.61 bits per heavy atom. The summed E-state index contributed by atoms with van der Waals surface area (Å²) in [7, 11) is 0. The van der Waals surface area contributed by atoms with Gasteiger partial charge in [0.1, 0.15) is 0 Å². The Morgan fingerprint density at radius 1 is 1.06 bits per heavy atom. The molecule has 0 unspecified atom stereocenters. The predicted molar refractivity (Wildman–Crippen MR) is 76.6 cm³/mol. The molecule has 3 heteroatoms. The third kappa shape index (κ3) is 6.39. The first-order valence-electron chi connectivity index (χ1n) is 7.21. The highest BCUT2D eigenvalue weighted by Crippen LogP contribution is 2.26. The fourth-order valence-corrected chi connectivity index (χ4v) is 3.11. The van der Waals surface area contributed by atoms with Crippen molar-refractivity contribution >= 4 is 5.91 Å². The van der Waals surface area contributed by atoms with Crippen molar-refractivity contribution in [3.8, 4) is 0 Å². The molecule has 1 heterocycles. The molecule has 18 heavy (non-hydrogen) atoms. The van der Waals surface area contributed by atoms with Crippen molar-refractivity contribution in [2.75, 3.05) is 19.6 Å². The Morgan fingerprint density at radius 3 is 2.11 bits per heavy atom. The van der Waals surface area contributed by atoms with E-state index >= 15 is 0 Å². The van der Waals surface area contributed by atoms with Gasteiger partial charge in [-0.3, -0.25) is 9.69 Å². The molecule has 1 aliphatic heterocycles. The lowest BCUT2D eigenvalue weighted by Gasteiger charge is -2.34. The molecule has 1 saturated heterocycles. The molecule has 1 amide bonds. The van der Waals surface area contributed by atoms with Gasteiger partial charge in [0.2, 0.25) is 5.91 Å². The minimum atomic E-state index is -0.120. The summed E-state index contributed by atoms with van der Waals surface area (Å²) in [6.45, 7) is 13.6. The minimum absolute atomic E-state index is 0.120. The normalized spacial score (nSPS) is 18.7.